The van der Waals surface area contributed by atoms with Crippen molar-refractivity contribution in [3.63, 3.8) is 0 Å². The molecule has 20 heavy (non-hydrogen) atoms. The normalized spacial score (nSPS) is 12.4. The zero-order valence-electron chi connectivity index (χ0n) is 13.2. The minimum Gasteiger partial charge on any atom is -0.383 e. The van der Waals surface area contributed by atoms with Crippen molar-refractivity contribution in [1.29, 1.82) is 0 Å². The van der Waals surface area contributed by atoms with Gasteiger partial charge < -0.3 is 19.7 Å². The Labute approximate surface area is 123 Å². The van der Waals surface area contributed by atoms with Crippen molar-refractivity contribution >= 4 is 5.69 Å². The fraction of sp³-hybridized carbons (Fsp3) is 0.625. The minimum absolute atomic E-state index is 0.389. The predicted molar refractivity (Wildman–Crippen MR) is 84.5 cm³/mol. The van der Waals surface area contributed by atoms with Crippen molar-refractivity contribution in [2.45, 2.75) is 19.9 Å². The Bertz CT molecular complexity index is 346. The fourth-order valence-corrected chi connectivity index (χ4v) is 2.17. The molecule has 114 valence electrons. The lowest BCUT2D eigenvalue weighted by Gasteiger charge is -2.25. The number of benzene rings is 1. The molecule has 1 aromatic rings. The molecule has 1 unspecified atom stereocenters. The van der Waals surface area contributed by atoms with Crippen LogP contribution in [0.4, 0.5) is 5.69 Å². The quantitative estimate of drug-likeness (QED) is 0.714. The molecular weight excluding hydrogens is 252 g/mol. The molecule has 0 aromatic heterocycles. The highest BCUT2D eigenvalue weighted by Crippen LogP contribution is 2.19. The zero-order chi connectivity index (χ0) is 14.8. The number of hydrogen-bond donors (Lipinski definition) is 1. The highest BCUT2D eigenvalue weighted by Gasteiger charge is 2.08. The SMILES string of the molecule is CCNC(C)c1ccc(N(CCOC)CCOC)cc1. The molecule has 0 heterocycles. The average molecular weight is 280 g/mol. The molecule has 0 radical (unpaired) electrons. The van der Waals surface area contributed by atoms with Crippen molar-refractivity contribution in [2.24, 2.45) is 0 Å². The molecule has 0 saturated carbocycles. The highest BCUT2D eigenvalue weighted by molar-refractivity contribution is 5.48. The maximum Gasteiger partial charge on any atom is 0.0637 e. The first-order valence-corrected chi connectivity index (χ1v) is 7.29. The summed E-state index contributed by atoms with van der Waals surface area (Å²) in [5, 5.41) is 3.43. The Morgan fingerprint density at radius 1 is 1.05 bits per heavy atom. The monoisotopic (exact) mass is 280 g/mol. The molecule has 0 amide bonds. The Hall–Kier alpha value is -1.10. The van der Waals surface area contributed by atoms with E-state index in [9.17, 15) is 0 Å². The van der Waals surface area contributed by atoms with E-state index in [0.29, 0.717) is 6.04 Å². The third-order valence-corrected chi connectivity index (χ3v) is 3.40. The largest absolute Gasteiger partial charge is 0.383 e. The molecule has 1 rings (SSSR count). The molecule has 1 atom stereocenters. The number of ether oxygens (including phenoxy) is 2. The molecule has 4 nitrogen and oxygen atoms in total. The first-order valence-electron chi connectivity index (χ1n) is 7.29. The van der Waals surface area contributed by atoms with E-state index < -0.39 is 0 Å². The van der Waals surface area contributed by atoms with Crippen LogP contribution in [-0.4, -0.2) is 47.1 Å². The number of nitrogens with one attached hydrogen (secondary N) is 1. The van der Waals surface area contributed by atoms with Crippen LogP contribution in [0.3, 0.4) is 0 Å². The van der Waals surface area contributed by atoms with Crippen LogP contribution in [0.1, 0.15) is 25.5 Å². The van der Waals surface area contributed by atoms with Gasteiger partial charge in [-0.25, -0.2) is 0 Å². The molecule has 0 aliphatic carbocycles. The lowest BCUT2D eigenvalue weighted by atomic mass is 10.1. The number of nitrogens with zero attached hydrogens (tertiary/aromatic N) is 1. The van der Waals surface area contributed by atoms with E-state index in [1.165, 1.54) is 11.3 Å². The van der Waals surface area contributed by atoms with Crippen LogP contribution in [0.15, 0.2) is 24.3 Å². The van der Waals surface area contributed by atoms with Crippen molar-refractivity contribution in [1.82, 2.24) is 5.32 Å². The Morgan fingerprint density at radius 2 is 1.60 bits per heavy atom. The van der Waals surface area contributed by atoms with Gasteiger partial charge in [0.2, 0.25) is 0 Å². The van der Waals surface area contributed by atoms with Gasteiger partial charge in [-0.1, -0.05) is 19.1 Å². The first kappa shape index (κ1) is 17.0. The first-order chi connectivity index (χ1) is 9.72. The van der Waals surface area contributed by atoms with E-state index in [2.05, 4.69) is 48.3 Å². The lowest BCUT2D eigenvalue weighted by molar-refractivity contribution is 0.190. The summed E-state index contributed by atoms with van der Waals surface area (Å²) < 4.78 is 10.4. The molecule has 1 N–H and O–H groups in total. The maximum atomic E-state index is 5.18. The third kappa shape index (κ3) is 5.49. The third-order valence-electron chi connectivity index (χ3n) is 3.40. The van der Waals surface area contributed by atoms with Gasteiger partial charge in [-0.3, -0.25) is 0 Å². The van der Waals surface area contributed by atoms with E-state index in [1.54, 1.807) is 14.2 Å². The molecule has 0 aliphatic heterocycles. The lowest BCUT2D eigenvalue weighted by Crippen LogP contribution is -2.30. The van der Waals surface area contributed by atoms with Gasteiger partial charge in [0.15, 0.2) is 0 Å². The molecule has 0 saturated heterocycles. The van der Waals surface area contributed by atoms with Crippen molar-refractivity contribution in [2.75, 3.05) is 52.0 Å². The van der Waals surface area contributed by atoms with Gasteiger partial charge >= 0.3 is 0 Å². The van der Waals surface area contributed by atoms with Crippen molar-refractivity contribution in [3.05, 3.63) is 29.8 Å². The van der Waals surface area contributed by atoms with E-state index in [-0.39, 0.29) is 0 Å². The zero-order valence-corrected chi connectivity index (χ0v) is 13.2. The summed E-state index contributed by atoms with van der Waals surface area (Å²) in [5.41, 5.74) is 2.53. The van der Waals surface area contributed by atoms with Crippen LogP contribution in [0.5, 0.6) is 0 Å². The summed E-state index contributed by atoms with van der Waals surface area (Å²) in [6.07, 6.45) is 0. The van der Waals surface area contributed by atoms with Gasteiger partial charge in [0, 0.05) is 39.0 Å². The molecule has 0 aliphatic rings. The van der Waals surface area contributed by atoms with Crippen LogP contribution in [0, 0.1) is 0 Å². The molecule has 4 heteroatoms. The van der Waals surface area contributed by atoms with Gasteiger partial charge in [0.05, 0.1) is 13.2 Å². The van der Waals surface area contributed by atoms with Gasteiger partial charge in [0.25, 0.3) is 0 Å². The number of methoxy groups -OCH3 is 2. The van der Waals surface area contributed by atoms with E-state index in [0.717, 1.165) is 32.8 Å². The Kier molecular flexibility index (Phi) is 8.26. The summed E-state index contributed by atoms with van der Waals surface area (Å²) in [5.74, 6) is 0. The molecule has 0 fully saturated rings. The number of rotatable bonds is 10. The smallest absolute Gasteiger partial charge is 0.0637 e. The Balaban J connectivity index is 2.70. The van der Waals surface area contributed by atoms with Gasteiger partial charge in [-0.05, 0) is 31.2 Å². The fourth-order valence-electron chi connectivity index (χ4n) is 2.17. The van der Waals surface area contributed by atoms with E-state index in [1.807, 2.05) is 0 Å². The summed E-state index contributed by atoms with van der Waals surface area (Å²) in [4.78, 5) is 2.29. The number of hydrogen-bond acceptors (Lipinski definition) is 4. The molecular formula is C16H28N2O2. The van der Waals surface area contributed by atoms with Crippen LogP contribution in [0.2, 0.25) is 0 Å². The molecule has 1 aromatic carbocycles. The maximum absolute atomic E-state index is 5.18. The molecule has 0 bridgehead atoms. The topological polar surface area (TPSA) is 33.7 Å². The predicted octanol–water partition coefficient (Wildman–Crippen LogP) is 2.46. The second-order valence-corrected chi connectivity index (χ2v) is 4.84. The average Bonchev–Trinajstić information content (AvgIpc) is 2.48. The summed E-state index contributed by atoms with van der Waals surface area (Å²) in [7, 11) is 3.46. The van der Waals surface area contributed by atoms with Gasteiger partial charge in [-0.15, -0.1) is 0 Å². The summed E-state index contributed by atoms with van der Waals surface area (Å²) >= 11 is 0. The van der Waals surface area contributed by atoms with E-state index >= 15 is 0 Å². The second-order valence-electron chi connectivity index (χ2n) is 4.84. The second kappa shape index (κ2) is 9.75. The van der Waals surface area contributed by atoms with Gasteiger partial charge in [-0.2, -0.15) is 0 Å². The summed E-state index contributed by atoms with van der Waals surface area (Å²) in [6, 6.07) is 9.12. The van der Waals surface area contributed by atoms with Crippen LogP contribution in [0.25, 0.3) is 0 Å². The van der Waals surface area contributed by atoms with Crippen molar-refractivity contribution < 1.29 is 9.47 Å². The van der Waals surface area contributed by atoms with Crippen LogP contribution in [-0.2, 0) is 9.47 Å². The number of anilines is 1. The summed E-state index contributed by atoms with van der Waals surface area (Å²) in [6.45, 7) is 8.49. The van der Waals surface area contributed by atoms with Crippen molar-refractivity contribution in [3.8, 4) is 0 Å². The Morgan fingerprint density at radius 3 is 2.05 bits per heavy atom. The van der Waals surface area contributed by atoms with Crippen LogP contribution < -0.4 is 10.2 Å². The minimum atomic E-state index is 0.389. The van der Waals surface area contributed by atoms with E-state index in [4.69, 9.17) is 9.47 Å². The standard InChI is InChI=1S/C16H28N2O2/c1-5-17-14(2)15-6-8-16(9-7-15)18(10-12-19-3)11-13-20-4/h6-9,14,17H,5,10-13H2,1-4H3. The van der Waals surface area contributed by atoms with Crippen LogP contribution >= 0.6 is 0 Å². The molecule has 0 spiro atoms. The highest BCUT2D eigenvalue weighted by atomic mass is 16.5. The van der Waals surface area contributed by atoms with Gasteiger partial charge in [0.1, 0.15) is 0 Å².